The Morgan fingerprint density at radius 3 is 2.41 bits per heavy atom. The number of nitrogens with one attached hydrogen (secondary N) is 1. The number of nitrogens with zero attached hydrogens (tertiary/aromatic N) is 1. The summed E-state index contributed by atoms with van der Waals surface area (Å²) in [6, 6.07) is 13.0. The largest absolute Gasteiger partial charge is 0.365 e. The highest BCUT2D eigenvalue weighted by Crippen LogP contribution is 2.19. The molecule has 0 bridgehead atoms. The molecule has 3 N–H and O–H groups in total. The lowest BCUT2D eigenvalue weighted by atomic mass is 10.0. The minimum absolute atomic E-state index is 0.0923. The first-order chi connectivity index (χ1) is 12.9. The van der Waals surface area contributed by atoms with E-state index in [9.17, 15) is 9.18 Å². The van der Waals surface area contributed by atoms with Crippen molar-refractivity contribution in [1.29, 1.82) is 0 Å². The van der Waals surface area contributed by atoms with Crippen molar-refractivity contribution < 1.29 is 9.18 Å². The number of carbonyl (C=O) groups excluding carboxylic acids is 1. The molecule has 2 aromatic carbocycles. The number of aromatic amines is 1. The number of aryl methyl sites for hydroxylation is 5. The van der Waals surface area contributed by atoms with Crippen LogP contribution in [0.1, 0.15) is 38.4 Å². The summed E-state index contributed by atoms with van der Waals surface area (Å²) in [5.41, 5.74) is 10.6. The second-order valence-electron chi connectivity index (χ2n) is 6.62. The molecule has 0 atom stereocenters. The normalized spacial score (nSPS) is 10.9. The molecule has 0 saturated carbocycles. The number of halogens is 2. The summed E-state index contributed by atoms with van der Waals surface area (Å²) in [6.45, 7) is 2.04. The summed E-state index contributed by atoms with van der Waals surface area (Å²) >= 11 is 5.71. The van der Waals surface area contributed by atoms with Crippen LogP contribution in [-0.2, 0) is 25.7 Å². The summed E-state index contributed by atoms with van der Waals surface area (Å²) in [5, 5.41) is 7.31. The fourth-order valence-electron chi connectivity index (χ4n) is 3.06. The summed E-state index contributed by atoms with van der Waals surface area (Å²) in [6.07, 6.45) is 2.45. The van der Waals surface area contributed by atoms with Gasteiger partial charge in [0.2, 0.25) is 0 Å². The smallest absolute Gasteiger partial charge is 0.252 e. The first-order valence-electron chi connectivity index (χ1n) is 8.79. The van der Waals surface area contributed by atoms with Gasteiger partial charge < -0.3 is 5.73 Å². The van der Waals surface area contributed by atoms with Gasteiger partial charge in [-0.15, -0.1) is 0 Å². The van der Waals surface area contributed by atoms with Gasteiger partial charge >= 0.3 is 0 Å². The SMILES string of the molecule is Cc1ccc(CCc2[nH]nc(CCc3ccc(Cl)c(F)c3)c2C(N)=O)cc1. The number of hydrogen-bond acceptors (Lipinski definition) is 2. The number of nitrogens with two attached hydrogens (primary N) is 1. The van der Waals surface area contributed by atoms with Crippen LogP contribution in [0.3, 0.4) is 0 Å². The van der Waals surface area contributed by atoms with Gasteiger partial charge in [0.05, 0.1) is 16.3 Å². The monoisotopic (exact) mass is 385 g/mol. The number of amides is 1. The van der Waals surface area contributed by atoms with Gasteiger partial charge in [-0.1, -0.05) is 47.5 Å². The summed E-state index contributed by atoms with van der Waals surface area (Å²) in [5.74, 6) is -0.954. The zero-order valence-corrected chi connectivity index (χ0v) is 15.8. The second kappa shape index (κ2) is 8.35. The number of H-pyrrole nitrogens is 1. The molecule has 0 aliphatic heterocycles. The fourth-order valence-corrected chi connectivity index (χ4v) is 3.17. The lowest BCUT2D eigenvalue weighted by Crippen LogP contribution is -2.15. The lowest BCUT2D eigenvalue weighted by Gasteiger charge is -2.05. The third kappa shape index (κ3) is 4.74. The van der Waals surface area contributed by atoms with E-state index in [4.69, 9.17) is 17.3 Å². The molecule has 0 radical (unpaired) electrons. The van der Waals surface area contributed by atoms with Crippen LogP contribution in [0.4, 0.5) is 4.39 Å². The van der Waals surface area contributed by atoms with Gasteiger partial charge in [0.1, 0.15) is 5.82 Å². The number of rotatable bonds is 7. The zero-order chi connectivity index (χ0) is 19.4. The van der Waals surface area contributed by atoms with Crippen LogP contribution in [0.25, 0.3) is 0 Å². The van der Waals surface area contributed by atoms with Crippen LogP contribution in [0.15, 0.2) is 42.5 Å². The number of carbonyl (C=O) groups is 1. The highest BCUT2D eigenvalue weighted by atomic mass is 35.5. The maximum atomic E-state index is 13.6. The van der Waals surface area contributed by atoms with Crippen molar-refractivity contribution in [2.24, 2.45) is 5.73 Å². The van der Waals surface area contributed by atoms with Gasteiger partial charge in [0.15, 0.2) is 0 Å². The van der Waals surface area contributed by atoms with Crippen molar-refractivity contribution in [2.75, 3.05) is 0 Å². The maximum Gasteiger partial charge on any atom is 0.252 e. The van der Waals surface area contributed by atoms with E-state index in [1.54, 1.807) is 6.07 Å². The predicted octanol–water partition coefficient (Wildman–Crippen LogP) is 4.18. The van der Waals surface area contributed by atoms with Crippen molar-refractivity contribution in [3.63, 3.8) is 0 Å². The van der Waals surface area contributed by atoms with E-state index in [1.807, 2.05) is 6.92 Å². The Hall–Kier alpha value is -2.66. The standard InChI is InChI=1S/C21H21ClFN3O/c1-13-2-4-14(5-3-13)7-10-18-20(21(24)27)19(26-25-18)11-8-15-6-9-16(22)17(23)12-15/h2-6,9,12H,7-8,10-11H2,1H3,(H2,24,27)(H,25,26). The maximum absolute atomic E-state index is 13.6. The molecule has 0 aliphatic carbocycles. The molecule has 0 fully saturated rings. The average molecular weight is 386 g/mol. The molecule has 27 heavy (non-hydrogen) atoms. The number of aromatic nitrogens is 2. The number of hydrogen-bond donors (Lipinski definition) is 2. The third-order valence-corrected chi connectivity index (χ3v) is 4.89. The Labute approximate surface area is 162 Å². The number of primary amides is 1. The molecule has 140 valence electrons. The van der Waals surface area contributed by atoms with Gasteiger partial charge in [0.25, 0.3) is 5.91 Å². The molecule has 1 heterocycles. The minimum Gasteiger partial charge on any atom is -0.365 e. The summed E-state index contributed by atoms with van der Waals surface area (Å²) < 4.78 is 13.6. The molecule has 1 amide bonds. The summed E-state index contributed by atoms with van der Waals surface area (Å²) in [4.78, 5) is 12.0. The van der Waals surface area contributed by atoms with E-state index >= 15 is 0 Å². The van der Waals surface area contributed by atoms with Crippen molar-refractivity contribution in [3.8, 4) is 0 Å². The molecule has 0 spiro atoms. The Morgan fingerprint density at radius 1 is 1.07 bits per heavy atom. The van der Waals surface area contributed by atoms with Crippen LogP contribution >= 0.6 is 11.6 Å². The van der Waals surface area contributed by atoms with E-state index in [0.717, 1.165) is 17.7 Å². The molecular weight excluding hydrogens is 365 g/mol. The van der Waals surface area contributed by atoms with Crippen molar-refractivity contribution in [2.45, 2.75) is 32.6 Å². The van der Waals surface area contributed by atoms with Gasteiger partial charge in [-0.25, -0.2) is 4.39 Å². The molecule has 6 heteroatoms. The molecular formula is C21H21ClFN3O. The Bertz CT molecular complexity index is 951. The first-order valence-corrected chi connectivity index (χ1v) is 9.17. The van der Waals surface area contributed by atoms with Crippen LogP contribution < -0.4 is 5.73 Å². The topological polar surface area (TPSA) is 71.8 Å². The van der Waals surface area contributed by atoms with Gasteiger partial charge in [-0.2, -0.15) is 5.10 Å². The second-order valence-corrected chi connectivity index (χ2v) is 7.03. The molecule has 1 aromatic heterocycles. The van der Waals surface area contributed by atoms with Crippen molar-refractivity contribution in [1.82, 2.24) is 10.2 Å². The van der Waals surface area contributed by atoms with E-state index in [2.05, 4.69) is 34.5 Å². The van der Waals surface area contributed by atoms with Crippen LogP contribution in [0.5, 0.6) is 0 Å². The van der Waals surface area contributed by atoms with Gasteiger partial charge in [-0.3, -0.25) is 9.89 Å². The highest BCUT2D eigenvalue weighted by Gasteiger charge is 2.18. The Kier molecular flexibility index (Phi) is 5.91. The van der Waals surface area contributed by atoms with Crippen molar-refractivity contribution >= 4 is 17.5 Å². The fraction of sp³-hybridized carbons (Fsp3) is 0.238. The van der Waals surface area contributed by atoms with Crippen molar-refractivity contribution in [3.05, 3.63) is 86.9 Å². The Balaban J connectivity index is 1.71. The average Bonchev–Trinajstić information content (AvgIpc) is 3.05. The lowest BCUT2D eigenvalue weighted by molar-refractivity contribution is 0.0998. The van der Waals surface area contributed by atoms with E-state index in [-0.39, 0.29) is 5.02 Å². The molecule has 0 saturated heterocycles. The van der Waals surface area contributed by atoms with Gasteiger partial charge in [0, 0.05) is 5.69 Å². The minimum atomic E-state index is -0.500. The third-order valence-electron chi connectivity index (χ3n) is 4.58. The highest BCUT2D eigenvalue weighted by molar-refractivity contribution is 6.30. The zero-order valence-electron chi connectivity index (χ0n) is 15.1. The number of benzene rings is 2. The first kappa shape index (κ1) is 19.1. The Morgan fingerprint density at radius 2 is 1.74 bits per heavy atom. The van der Waals surface area contributed by atoms with Crippen LogP contribution in [0, 0.1) is 12.7 Å². The molecule has 4 nitrogen and oxygen atoms in total. The van der Waals surface area contributed by atoms with E-state index in [1.165, 1.54) is 23.3 Å². The molecule has 0 unspecified atom stereocenters. The van der Waals surface area contributed by atoms with Crippen LogP contribution in [0.2, 0.25) is 5.02 Å². The van der Waals surface area contributed by atoms with Gasteiger partial charge in [-0.05, 0) is 55.9 Å². The van der Waals surface area contributed by atoms with E-state index < -0.39 is 11.7 Å². The van der Waals surface area contributed by atoms with E-state index in [0.29, 0.717) is 30.5 Å². The molecule has 0 aliphatic rings. The predicted molar refractivity (Wildman–Crippen MR) is 105 cm³/mol. The quantitative estimate of drug-likeness (QED) is 0.640. The summed E-state index contributed by atoms with van der Waals surface area (Å²) in [7, 11) is 0. The molecule has 3 rings (SSSR count). The van der Waals surface area contributed by atoms with Crippen LogP contribution in [-0.4, -0.2) is 16.1 Å². The molecule has 3 aromatic rings.